The molecule has 0 heterocycles. The van der Waals surface area contributed by atoms with Crippen molar-refractivity contribution in [3.8, 4) is 0 Å². The monoisotopic (exact) mass is 174 g/mol. The highest BCUT2D eigenvalue weighted by atomic mass is 19.1. The van der Waals surface area contributed by atoms with Crippen LogP contribution in [0.1, 0.15) is 48.5 Å². The van der Waals surface area contributed by atoms with Crippen molar-refractivity contribution < 1.29 is 4.39 Å². The van der Waals surface area contributed by atoms with Crippen molar-refractivity contribution in [1.29, 1.82) is 0 Å². The molecule has 0 aliphatic heterocycles. The van der Waals surface area contributed by atoms with E-state index >= 15 is 0 Å². The van der Waals surface area contributed by atoms with Gasteiger partial charge in [0.15, 0.2) is 0 Å². The van der Waals surface area contributed by atoms with Crippen LogP contribution in [0.5, 0.6) is 0 Å². The minimum Gasteiger partial charge on any atom is -0.244 e. The van der Waals surface area contributed by atoms with Crippen LogP contribution in [0.3, 0.4) is 0 Å². The fraction of sp³-hybridized carbons (Fsp3) is 1.00. The zero-order valence-electron chi connectivity index (χ0n) is 9.53. The molecule has 0 unspecified atom stereocenters. The van der Waals surface area contributed by atoms with Gasteiger partial charge in [0, 0.05) is 5.41 Å². The Morgan fingerprint density at radius 3 is 1.08 bits per heavy atom. The van der Waals surface area contributed by atoms with Gasteiger partial charge >= 0.3 is 0 Å². The van der Waals surface area contributed by atoms with Gasteiger partial charge in [-0.3, -0.25) is 0 Å². The van der Waals surface area contributed by atoms with Gasteiger partial charge in [0.25, 0.3) is 0 Å². The average Bonchev–Trinajstić information content (AvgIpc) is 1.82. The largest absolute Gasteiger partial charge is 0.244 e. The van der Waals surface area contributed by atoms with E-state index in [9.17, 15) is 4.39 Å². The van der Waals surface area contributed by atoms with Gasteiger partial charge in [-0.2, -0.15) is 0 Å². The van der Waals surface area contributed by atoms with E-state index in [-0.39, 0.29) is 5.41 Å². The van der Waals surface area contributed by atoms with Crippen LogP contribution < -0.4 is 0 Å². The molecule has 0 saturated carbocycles. The third-order valence-electron chi connectivity index (χ3n) is 3.68. The SMILES string of the molecule is CC(C)C(C)(C(C)C)C(C)(C)F. The summed E-state index contributed by atoms with van der Waals surface area (Å²) in [6.45, 7) is 13.8. The lowest BCUT2D eigenvalue weighted by Gasteiger charge is -2.45. The van der Waals surface area contributed by atoms with Crippen molar-refractivity contribution >= 4 is 0 Å². The predicted molar refractivity (Wildman–Crippen MR) is 53.0 cm³/mol. The lowest BCUT2D eigenvalue weighted by molar-refractivity contribution is -0.0396. The Labute approximate surface area is 76.6 Å². The van der Waals surface area contributed by atoms with Crippen molar-refractivity contribution in [2.45, 2.75) is 54.1 Å². The molecule has 0 aromatic rings. The highest BCUT2D eigenvalue weighted by Gasteiger charge is 2.45. The van der Waals surface area contributed by atoms with E-state index in [1.807, 2.05) is 6.92 Å². The summed E-state index contributed by atoms with van der Waals surface area (Å²) in [7, 11) is 0. The lowest BCUT2D eigenvalue weighted by Crippen LogP contribution is -2.45. The first-order valence-corrected chi connectivity index (χ1v) is 4.83. The van der Waals surface area contributed by atoms with E-state index in [1.54, 1.807) is 13.8 Å². The van der Waals surface area contributed by atoms with Gasteiger partial charge in [-0.05, 0) is 25.7 Å². The van der Waals surface area contributed by atoms with Gasteiger partial charge in [-0.15, -0.1) is 0 Å². The molecule has 0 rings (SSSR count). The maximum absolute atomic E-state index is 13.9. The van der Waals surface area contributed by atoms with Crippen LogP contribution in [-0.2, 0) is 0 Å². The van der Waals surface area contributed by atoms with Crippen molar-refractivity contribution in [2.24, 2.45) is 17.3 Å². The van der Waals surface area contributed by atoms with Crippen LogP contribution in [0.15, 0.2) is 0 Å². The van der Waals surface area contributed by atoms with E-state index in [4.69, 9.17) is 0 Å². The second-order valence-electron chi connectivity index (χ2n) is 5.06. The Bertz CT molecular complexity index is 132. The molecule has 0 spiro atoms. The molecule has 12 heavy (non-hydrogen) atoms. The van der Waals surface area contributed by atoms with E-state index in [1.165, 1.54) is 0 Å². The number of hydrogen-bond acceptors (Lipinski definition) is 0. The molecule has 0 aliphatic carbocycles. The Balaban J connectivity index is 4.89. The molecule has 74 valence electrons. The Morgan fingerprint density at radius 1 is 0.833 bits per heavy atom. The second-order valence-corrected chi connectivity index (χ2v) is 5.06. The first kappa shape index (κ1) is 11.9. The first-order valence-electron chi connectivity index (χ1n) is 4.83. The summed E-state index contributed by atoms with van der Waals surface area (Å²) in [6, 6.07) is 0. The number of rotatable bonds is 3. The number of alkyl halides is 1. The van der Waals surface area contributed by atoms with Gasteiger partial charge in [-0.25, -0.2) is 4.39 Å². The van der Waals surface area contributed by atoms with Crippen LogP contribution in [0.2, 0.25) is 0 Å². The van der Waals surface area contributed by atoms with E-state index < -0.39 is 5.67 Å². The van der Waals surface area contributed by atoms with Crippen molar-refractivity contribution in [1.82, 2.24) is 0 Å². The summed E-state index contributed by atoms with van der Waals surface area (Å²) in [5.74, 6) is 0.745. The summed E-state index contributed by atoms with van der Waals surface area (Å²) in [6.07, 6.45) is 0. The summed E-state index contributed by atoms with van der Waals surface area (Å²) < 4.78 is 13.9. The van der Waals surface area contributed by atoms with Crippen LogP contribution in [0.4, 0.5) is 4.39 Å². The molecule has 0 aromatic heterocycles. The molecule has 0 N–H and O–H groups in total. The minimum atomic E-state index is -1.10. The molecule has 0 saturated heterocycles. The molecule has 0 aromatic carbocycles. The van der Waals surface area contributed by atoms with Crippen LogP contribution in [0, 0.1) is 17.3 Å². The molecule has 0 fully saturated rings. The zero-order valence-corrected chi connectivity index (χ0v) is 9.53. The van der Waals surface area contributed by atoms with Crippen LogP contribution >= 0.6 is 0 Å². The molecular weight excluding hydrogens is 151 g/mol. The molecule has 0 nitrogen and oxygen atoms in total. The van der Waals surface area contributed by atoms with Gasteiger partial charge in [0.2, 0.25) is 0 Å². The molecule has 1 heteroatoms. The fourth-order valence-corrected chi connectivity index (χ4v) is 2.04. The maximum atomic E-state index is 13.9. The smallest absolute Gasteiger partial charge is 0.111 e. The standard InChI is InChI=1S/C11H23F/c1-8(2)11(7,9(3)4)10(5,6)12/h8-9H,1-7H3. The molecule has 0 atom stereocenters. The average molecular weight is 174 g/mol. The zero-order chi connectivity index (χ0) is 10.2. The van der Waals surface area contributed by atoms with Gasteiger partial charge in [0.1, 0.15) is 5.67 Å². The molecule has 0 amide bonds. The third kappa shape index (κ3) is 1.81. The lowest BCUT2D eigenvalue weighted by atomic mass is 9.62. The number of halogens is 1. The highest BCUT2D eigenvalue weighted by Crippen LogP contribution is 2.46. The van der Waals surface area contributed by atoms with Gasteiger partial charge in [-0.1, -0.05) is 34.6 Å². The van der Waals surface area contributed by atoms with E-state index in [0.717, 1.165) is 0 Å². The maximum Gasteiger partial charge on any atom is 0.111 e. The molecule has 0 aliphatic rings. The predicted octanol–water partition coefficient (Wildman–Crippen LogP) is 4.05. The summed E-state index contributed by atoms with van der Waals surface area (Å²) in [5.41, 5.74) is -1.33. The van der Waals surface area contributed by atoms with Gasteiger partial charge < -0.3 is 0 Å². The summed E-state index contributed by atoms with van der Waals surface area (Å²) in [5, 5.41) is 0. The summed E-state index contributed by atoms with van der Waals surface area (Å²) in [4.78, 5) is 0. The van der Waals surface area contributed by atoms with Crippen molar-refractivity contribution in [3.05, 3.63) is 0 Å². The Kier molecular flexibility index (Phi) is 3.33. The first-order chi connectivity index (χ1) is 5.14. The van der Waals surface area contributed by atoms with Gasteiger partial charge in [0.05, 0.1) is 0 Å². The number of hydrogen-bond donors (Lipinski definition) is 0. The fourth-order valence-electron chi connectivity index (χ4n) is 2.04. The Hall–Kier alpha value is -0.0700. The summed E-state index contributed by atoms with van der Waals surface area (Å²) >= 11 is 0. The third-order valence-corrected chi connectivity index (χ3v) is 3.68. The molecule has 0 bridgehead atoms. The topological polar surface area (TPSA) is 0 Å². The minimum absolute atomic E-state index is 0.229. The molecule has 0 radical (unpaired) electrons. The molecular formula is C11H23F. The highest BCUT2D eigenvalue weighted by molar-refractivity contribution is 4.94. The van der Waals surface area contributed by atoms with E-state index in [0.29, 0.717) is 11.8 Å². The van der Waals surface area contributed by atoms with Crippen LogP contribution in [0.25, 0.3) is 0 Å². The quantitative estimate of drug-likeness (QED) is 0.605. The normalized spacial score (nSPS) is 14.5. The van der Waals surface area contributed by atoms with Crippen molar-refractivity contribution in [3.63, 3.8) is 0 Å². The van der Waals surface area contributed by atoms with Crippen molar-refractivity contribution in [2.75, 3.05) is 0 Å². The second kappa shape index (κ2) is 3.35. The van der Waals surface area contributed by atoms with Crippen LogP contribution in [-0.4, -0.2) is 5.67 Å². The van der Waals surface area contributed by atoms with E-state index in [2.05, 4.69) is 27.7 Å². The Morgan fingerprint density at radius 2 is 1.08 bits per heavy atom.